The van der Waals surface area contributed by atoms with Crippen LogP contribution < -0.4 is 15.5 Å². The van der Waals surface area contributed by atoms with Gasteiger partial charge in [-0.25, -0.2) is 4.79 Å². The van der Waals surface area contributed by atoms with Crippen molar-refractivity contribution in [3.05, 3.63) is 69.8 Å². The molecule has 2 N–H and O–H groups in total. The van der Waals surface area contributed by atoms with E-state index in [-0.39, 0.29) is 13.2 Å². The molecule has 1 aliphatic rings. The Kier molecular flexibility index (Phi) is 7.04. The summed E-state index contributed by atoms with van der Waals surface area (Å²) in [6.45, 7) is 0.402. The number of amides is 1. The molecule has 1 heterocycles. The van der Waals surface area contributed by atoms with E-state index in [1.54, 1.807) is 18.2 Å². The van der Waals surface area contributed by atoms with Crippen molar-refractivity contribution in [2.24, 2.45) is 0 Å². The van der Waals surface area contributed by atoms with Crippen molar-refractivity contribution < 1.29 is 28.9 Å². The van der Waals surface area contributed by atoms with Crippen molar-refractivity contribution in [3.8, 4) is 5.75 Å². The Morgan fingerprint density at radius 3 is 2.79 bits per heavy atom. The molecule has 0 fully saturated rings. The van der Waals surface area contributed by atoms with Gasteiger partial charge in [-0.3, -0.25) is 10.1 Å². The molecule has 1 atom stereocenters. The van der Waals surface area contributed by atoms with Gasteiger partial charge in [-0.2, -0.15) is 0 Å². The summed E-state index contributed by atoms with van der Waals surface area (Å²) >= 11 is 0. The Hall–Kier alpha value is -3.11. The Morgan fingerprint density at radius 1 is 1.24 bits per heavy atom. The zero-order valence-electron chi connectivity index (χ0n) is 15.7. The Balaban J connectivity index is 1.41. The first-order chi connectivity index (χ1) is 14.0. The minimum atomic E-state index is -1.27. The van der Waals surface area contributed by atoms with Crippen LogP contribution in [0.1, 0.15) is 23.7 Å². The minimum absolute atomic E-state index is 0.197. The average Bonchev–Trinajstić information content (AvgIpc) is 3.02. The fraction of sp³-hybridized carbons (Fsp3) is 0.316. The van der Waals surface area contributed by atoms with Crippen LogP contribution in [0, 0.1) is 10.1 Å². The largest absolute Gasteiger partial charge is 0.496 e. The predicted molar refractivity (Wildman–Crippen MR) is 104 cm³/mol. The summed E-state index contributed by atoms with van der Waals surface area (Å²) in [5.41, 5.74) is 1.86. The van der Waals surface area contributed by atoms with E-state index in [1.165, 1.54) is 0 Å². The monoisotopic (exact) mass is 400 g/mol. The van der Waals surface area contributed by atoms with Gasteiger partial charge in [-0.15, -0.1) is 0 Å². The summed E-state index contributed by atoms with van der Waals surface area (Å²) in [5.74, 6) is 0.410. The third kappa shape index (κ3) is 5.69. The molecule has 0 spiro atoms. The Labute approximate surface area is 167 Å². The molecular weight excluding hydrogens is 379 g/mol. The highest BCUT2D eigenvalue weighted by atomic mass is 16.6. The number of carbonyl (C=O) groups excluding carboxylic acids is 1. The molecule has 1 unspecified atom stereocenters. The van der Waals surface area contributed by atoms with Crippen LogP contribution in [-0.4, -0.2) is 42.9 Å². The van der Waals surface area contributed by atoms with Gasteiger partial charge in [0.1, 0.15) is 18.5 Å². The number of nitro groups is 1. The van der Waals surface area contributed by atoms with Crippen molar-refractivity contribution in [2.75, 3.05) is 19.7 Å². The maximum atomic E-state index is 11.7. The lowest BCUT2D eigenvalue weighted by atomic mass is 9.78. The molecule has 0 saturated heterocycles. The van der Waals surface area contributed by atoms with Crippen molar-refractivity contribution in [1.82, 2.24) is 5.32 Å². The third-order valence-electron chi connectivity index (χ3n) is 4.36. The van der Waals surface area contributed by atoms with Gasteiger partial charge >= 0.3 is 13.2 Å². The van der Waals surface area contributed by atoms with Crippen LogP contribution in [0.4, 0.5) is 4.79 Å². The van der Waals surface area contributed by atoms with Crippen LogP contribution in [0.2, 0.25) is 0 Å². The van der Waals surface area contributed by atoms with Gasteiger partial charge in [-0.05, 0) is 23.6 Å². The maximum Gasteiger partial charge on any atom is 0.496 e. The van der Waals surface area contributed by atoms with Gasteiger partial charge < -0.3 is 24.5 Å². The summed E-state index contributed by atoms with van der Waals surface area (Å²) in [6, 6.07) is 14.4. The van der Waals surface area contributed by atoms with Crippen LogP contribution >= 0.6 is 0 Å². The molecule has 1 amide bonds. The van der Waals surface area contributed by atoms with Crippen LogP contribution in [0.25, 0.3) is 0 Å². The van der Waals surface area contributed by atoms with Crippen LogP contribution in [-0.2, 0) is 16.0 Å². The summed E-state index contributed by atoms with van der Waals surface area (Å²) < 4.78 is 16.1. The SMILES string of the molecule is O=C(NCCCOc1cccc2c1B(O)OC2C[N+](=O)[O-])OCc1ccccc1. The first kappa shape index (κ1) is 20.6. The molecule has 9 nitrogen and oxygen atoms in total. The second-order valence-corrected chi connectivity index (χ2v) is 6.44. The highest BCUT2D eigenvalue weighted by Gasteiger charge is 2.40. The summed E-state index contributed by atoms with van der Waals surface area (Å²) in [5, 5.41) is 23.5. The Morgan fingerprint density at radius 2 is 2.03 bits per heavy atom. The third-order valence-corrected chi connectivity index (χ3v) is 4.36. The molecule has 29 heavy (non-hydrogen) atoms. The van der Waals surface area contributed by atoms with Gasteiger partial charge in [-0.1, -0.05) is 42.5 Å². The van der Waals surface area contributed by atoms with Gasteiger partial charge in [0.25, 0.3) is 0 Å². The van der Waals surface area contributed by atoms with E-state index in [0.717, 1.165) is 5.56 Å². The molecule has 0 aromatic heterocycles. The van der Waals surface area contributed by atoms with Crippen molar-refractivity contribution in [3.63, 3.8) is 0 Å². The summed E-state index contributed by atoms with van der Waals surface area (Å²) in [7, 11) is -1.27. The zero-order valence-corrected chi connectivity index (χ0v) is 15.7. The molecular formula is C19H21BN2O7. The van der Waals surface area contributed by atoms with E-state index < -0.39 is 30.8 Å². The van der Waals surface area contributed by atoms with Crippen LogP contribution in [0.3, 0.4) is 0 Å². The summed E-state index contributed by atoms with van der Waals surface area (Å²) in [4.78, 5) is 22.0. The van der Waals surface area contributed by atoms with Gasteiger partial charge in [0.15, 0.2) is 0 Å². The maximum absolute atomic E-state index is 11.7. The number of nitrogens with one attached hydrogen (secondary N) is 1. The average molecular weight is 400 g/mol. The fourth-order valence-corrected chi connectivity index (χ4v) is 3.02. The van der Waals surface area contributed by atoms with E-state index >= 15 is 0 Å². The molecule has 0 saturated carbocycles. The Bertz CT molecular complexity index is 850. The number of ether oxygens (including phenoxy) is 2. The highest BCUT2D eigenvalue weighted by Crippen LogP contribution is 2.27. The van der Waals surface area contributed by atoms with E-state index in [4.69, 9.17) is 14.1 Å². The number of hydrogen-bond acceptors (Lipinski definition) is 7. The lowest BCUT2D eigenvalue weighted by Crippen LogP contribution is -2.30. The molecule has 3 rings (SSSR count). The van der Waals surface area contributed by atoms with Crippen LogP contribution in [0.5, 0.6) is 5.75 Å². The quantitative estimate of drug-likeness (QED) is 0.283. The number of benzene rings is 2. The van der Waals surface area contributed by atoms with E-state index in [1.807, 2.05) is 30.3 Å². The smallest absolute Gasteiger partial charge is 0.494 e. The molecule has 1 aliphatic heterocycles. The van der Waals surface area contributed by atoms with E-state index in [2.05, 4.69) is 5.32 Å². The van der Waals surface area contributed by atoms with E-state index in [0.29, 0.717) is 29.7 Å². The number of alkyl carbamates (subject to hydrolysis) is 1. The second kappa shape index (κ2) is 9.90. The fourth-order valence-electron chi connectivity index (χ4n) is 3.02. The number of hydrogen-bond donors (Lipinski definition) is 2. The van der Waals surface area contributed by atoms with Crippen molar-refractivity contribution in [1.29, 1.82) is 0 Å². The molecule has 0 bridgehead atoms. The molecule has 2 aromatic rings. The first-order valence-electron chi connectivity index (χ1n) is 9.20. The second-order valence-electron chi connectivity index (χ2n) is 6.44. The summed E-state index contributed by atoms with van der Waals surface area (Å²) in [6.07, 6.45) is -0.806. The topological polar surface area (TPSA) is 120 Å². The van der Waals surface area contributed by atoms with Crippen LogP contribution in [0.15, 0.2) is 48.5 Å². The van der Waals surface area contributed by atoms with Gasteiger partial charge in [0.2, 0.25) is 6.54 Å². The minimum Gasteiger partial charge on any atom is -0.494 e. The first-order valence-corrected chi connectivity index (χ1v) is 9.20. The molecule has 0 radical (unpaired) electrons. The predicted octanol–water partition coefficient (Wildman–Crippen LogP) is 1.42. The van der Waals surface area contributed by atoms with Crippen molar-refractivity contribution >= 4 is 18.7 Å². The normalized spacial score (nSPS) is 14.9. The molecule has 152 valence electrons. The van der Waals surface area contributed by atoms with Gasteiger partial charge in [0.05, 0.1) is 6.61 Å². The van der Waals surface area contributed by atoms with Gasteiger partial charge in [0, 0.05) is 16.9 Å². The lowest BCUT2D eigenvalue weighted by molar-refractivity contribution is -0.490. The number of rotatable bonds is 9. The molecule has 0 aliphatic carbocycles. The highest BCUT2D eigenvalue weighted by molar-refractivity contribution is 6.62. The number of carbonyl (C=O) groups is 1. The van der Waals surface area contributed by atoms with E-state index in [9.17, 15) is 19.9 Å². The molecule has 10 heteroatoms. The zero-order chi connectivity index (χ0) is 20.6. The molecule has 2 aromatic carbocycles. The number of fused-ring (bicyclic) bond motifs is 1. The lowest BCUT2D eigenvalue weighted by Gasteiger charge is -2.11. The standard InChI is InChI=1S/C19H21BN2O7/c23-19(28-13-14-6-2-1-3-7-14)21-10-5-11-27-16-9-4-8-15-17(12-22(25)26)29-20(24)18(15)16/h1-4,6-9,17,24H,5,10-13H2,(H,21,23). The van der Waals surface area contributed by atoms with Crippen molar-refractivity contribution in [2.45, 2.75) is 19.1 Å². The number of nitrogens with zero attached hydrogens (tertiary/aromatic N) is 1.